The summed E-state index contributed by atoms with van der Waals surface area (Å²) in [5.74, 6) is 0. The van der Waals surface area contributed by atoms with Gasteiger partial charge >= 0.3 is 6.03 Å². The molecule has 0 bridgehead atoms. The summed E-state index contributed by atoms with van der Waals surface area (Å²) in [7, 11) is 0. The van der Waals surface area contributed by atoms with Gasteiger partial charge in [-0.25, -0.2) is 4.79 Å². The molecular formula is C10H10ClN3O. The van der Waals surface area contributed by atoms with Crippen molar-refractivity contribution in [2.75, 3.05) is 11.9 Å². The maximum atomic E-state index is 11.2. The second-order valence-corrected chi connectivity index (χ2v) is 3.34. The minimum Gasteiger partial charge on any atom is -0.325 e. The number of rotatable bonds is 2. The van der Waals surface area contributed by atoms with Crippen molar-refractivity contribution in [3.8, 4) is 6.07 Å². The highest BCUT2D eigenvalue weighted by Gasteiger charge is 2.02. The number of carbonyl (C=O) groups excluding carboxylic acids is 1. The van der Waals surface area contributed by atoms with Crippen LogP contribution in [-0.2, 0) is 0 Å². The summed E-state index contributed by atoms with van der Waals surface area (Å²) in [4.78, 5) is 11.2. The number of anilines is 1. The Morgan fingerprint density at radius 2 is 2.33 bits per heavy atom. The summed E-state index contributed by atoms with van der Waals surface area (Å²) in [5.41, 5.74) is 1.54. The minimum absolute atomic E-state index is 0.0224. The molecule has 0 aliphatic carbocycles. The lowest BCUT2D eigenvalue weighted by molar-refractivity contribution is 0.253. The van der Waals surface area contributed by atoms with E-state index in [9.17, 15) is 4.79 Å². The summed E-state index contributed by atoms with van der Waals surface area (Å²) >= 11 is 5.88. The van der Waals surface area contributed by atoms with Crippen LogP contribution < -0.4 is 10.6 Å². The zero-order valence-corrected chi connectivity index (χ0v) is 8.93. The fraction of sp³-hybridized carbons (Fsp3) is 0.200. The van der Waals surface area contributed by atoms with E-state index in [0.717, 1.165) is 5.56 Å². The van der Waals surface area contributed by atoms with Crippen molar-refractivity contribution in [1.82, 2.24) is 5.32 Å². The molecule has 78 valence electrons. The third kappa shape index (κ3) is 3.49. The molecule has 0 saturated carbocycles. The molecule has 0 radical (unpaired) electrons. The van der Waals surface area contributed by atoms with Crippen LogP contribution in [0.3, 0.4) is 0 Å². The van der Waals surface area contributed by atoms with Gasteiger partial charge in [0.2, 0.25) is 0 Å². The average Bonchev–Trinajstić information content (AvgIpc) is 2.20. The average molecular weight is 224 g/mol. The highest BCUT2D eigenvalue weighted by molar-refractivity contribution is 6.31. The standard InChI is InChI=1S/C10H10ClN3O/c1-7-2-3-8(6-9(7)11)14-10(15)13-5-4-12/h2-3,6H,5H2,1H3,(H2,13,14,15). The van der Waals surface area contributed by atoms with Crippen molar-refractivity contribution in [2.45, 2.75) is 6.92 Å². The Balaban J connectivity index is 2.62. The Hall–Kier alpha value is -1.73. The van der Waals surface area contributed by atoms with Gasteiger partial charge in [0.15, 0.2) is 0 Å². The van der Waals surface area contributed by atoms with Gasteiger partial charge in [0.1, 0.15) is 6.54 Å². The number of benzene rings is 1. The SMILES string of the molecule is Cc1ccc(NC(=O)NCC#N)cc1Cl. The molecule has 0 fully saturated rings. The van der Waals surface area contributed by atoms with E-state index in [1.54, 1.807) is 18.2 Å². The van der Waals surface area contributed by atoms with Gasteiger partial charge in [0, 0.05) is 10.7 Å². The van der Waals surface area contributed by atoms with E-state index in [1.807, 2.05) is 13.0 Å². The summed E-state index contributed by atoms with van der Waals surface area (Å²) in [6, 6.07) is 6.59. The van der Waals surface area contributed by atoms with Crippen molar-refractivity contribution in [1.29, 1.82) is 5.26 Å². The number of aryl methyl sites for hydroxylation is 1. The minimum atomic E-state index is -0.420. The lowest BCUT2D eigenvalue weighted by Crippen LogP contribution is -2.28. The molecule has 1 rings (SSSR count). The Bertz CT molecular complexity index is 412. The number of carbonyl (C=O) groups is 1. The molecule has 0 saturated heterocycles. The molecule has 0 aliphatic heterocycles. The van der Waals surface area contributed by atoms with Crippen molar-refractivity contribution >= 4 is 23.3 Å². The van der Waals surface area contributed by atoms with Crippen LogP contribution in [-0.4, -0.2) is 12.6 Å². The van der Waals surface area contributed by atoms with E-state index in [4.69, 9.17) is 16.9 Å². The molecule has 15 heavy (non-hydrogen) atoms. The van der Waals surface area contributed by atoms with Crippen molar-refractivity contribution in [3.05, 3.63) is 28.8 Å². The lowest BCUT2D eigenvalue weighted by Gasteiger charge is -2.06. The topological polar surface area (TPSA) is 64.9 Å². The summed E-state index contributed by atoms with van der Waals surface area (Å²) in [6.07, 6.45) is 0. The zero-order valence-electron chi connectivity index (χ0n) is 8.17. The number of nitrogens with zero attached hydrogens (tertiary/aromatic N) is 1. The number of urea groups is 1. The fourth-order valence-electron chi connectivity index (χ4n) is 0.966. The third-order valence-corrected chi connectivity index (χ3v) is 2.16. The molecule has 0 aliphatic rings. The molecule has 2 N–H and O–H groups in total. The second kappa shape index (κ2) is 5.23. The predicted octanol–water partition coefficient (Wildman–Crippen LogP) is 2.29. The van der Waals surface area contributed by atoms with E-state index in [0.29, 0.717) is 10.7 Å². The first kappa shape index (κ1) is 11.3. The van der Waals surface area contributed by atoms with Gasteiger partial charge in [0.05, 0.1) is 6.07 Å². The van der Waals surface area contributed by atoms with Crippen molar-refractivity contribution in [3.63, 3.8) is 0 Å². The monoisotopic (exact) mass is 223 g/mol. The normalized spacial score (nSPS) is 9.13. The Morgan fingerprint density at radius 3 is 2.93 bits per heavy atom. The summed E-state index contributed by atoms with van der Waals surface area (Å²) < 4.78 is 0. The number of nitrogens with one attached hydrogen (secondary N) is 2. The molecule has 0 atom stereocenters. The first-order valence-corrected chi connectivity index (χ1v) is 4.69. The Kier molecular flexibility index (Phi) is 3.95. The molecule has 0 aromatic heterocycles. The third-order valence-electron chi connectivity index (χ3n) is 1.76. The van der Waals surface area contributed by atoms with Gasteiger partial charge in [-0.1, -0.05) is 17.7 Å². The number of hydrogen-bond donors (Lipinski definition) is 2. The summed E-state index contributed by atoms with van der Waals surface area (Å²) in [6.45, 7) is 1.85. The van der Waals surface area contributed by atoms with Gasteiger partial charge < -0.3 is 10.6 Å². The first-order valence-electron chi connectivity index (χ1n) is 4.31. The maximum absolute atomic E-state index is 11.2. The molecule has 0 unspecified atom stereocenters. The van der Waals surface area contributed by atoms with Gasteiger partial charge in [-0.2, -0.15) is 5.26 Å². The molecule has 0 heterocycles. The molecular weight excluding hydrogens is 214 g/mol. The van der Waals surface area contributed by atoms with Gasteiger partial charge in [-0.05, 0) is 24.6 Å². The van der Waals surface area contributed by atoms with E-state index in [2.05, 4.69) is 10.6 Å². The number of amides is 2. The van der Waals surface area contributed by atoms with Gasteiger partial charge in [-0.15, -0.1) is 0 Å². The highest BCUT2D eigenvalue weighted by Crippen LogP contribution is 2.19. The van der Waals surface area contributed by atoms with E-state index in [-0.39, 0.29) is 6.54 Å². The van der Waals surface area contributed by atoms with Crippen LogP contribution in [0.15, 0.2) is 18.2 Å². The fourth-order valence-corrected chi connectivity index (χ4v) is 1.15. The van der Waals surface area contributed by atoms with Gasteiger partial charge in [-0.3, -0.25) is 0 Å². The molecule has 1 aromatic carbocycles. The first-order chi connectivity index (χ1) is 7.13. The van der Waals surface area contributed by atoms with Crippen molar-refractivity contribution in [2.24, 2.45) is 0 Å². The lowest BCUT2D eigenvalue weighted by atomic mass is 10.2. The zero-order chi connectivity index (χ0) is 11.3. The van der Waals surface area contributed by atoms with Crippen LogP contribution in [0.2, 0.25) is 5.02 Å². The van der Waals surface area contributed by atoms with Crippen LogP contribution in [0.25, 0.3) is 0 Å². The largest absolute Gasteiger partial charge is 0.325 e. The predicted molar refractivity (Wildman–Crippen MR) is 58.8 cm³/mol. The van der Waals surface area contributed by atoms with E-state index >= 15 is 0 Å². The highest BCUT2D eigenvalue weighted by atomic mass is 35.5. The molecule has 0 spiro atoms. The van der Waals surface area contributed by atoms with E-state index in [1.165, 1.54) is 0 Å². The maximum Gasteiger partial charge on any atom is 0.320 e. The Morgan fingerprint density at radius 1 is 1.60 bits per heavy atom. The second-order valence-electron chi connectivity index (χ2n) is 2.93. The van der Waals surface area contributed by atoms with E-state index < -0.39 is 6.03 Å². The van der Waals surface area contributed by atoms with Crippen molar-refractivity contribution < 1.29 is 4.79 Å². The quantitative estimate of drug-likeness (QED) is 0.756. The van der Waals surface area contributed by atoms with Crippen LogP contribution in [0, 0.1) is 18.3 Å². The number of halogens is 1. The van der Waals surface area contributed by atoms with Gasteiger partial charge in [0.25, 0.3) is 0 Å². The van der Waals surface area contributed by atoms with Crippen LogP contribution in [0.4, 0.5) is 10.5 Å². The van der Waals surface area contributed by atoms with Crippen LogP contribution in [0.1, 0.15) is 5.56 Å². The van der Waals surface area contributed by atoms with Crippen LogP contribution >= 0.6 is 11.6 Å². The Labute approximate surface area is 92.8 Å². The summed E-state index contributed by atoms with van der Waals surface area (Å²) in [5, 5.41) is 13.8. The van der Waals surface area contributed by atoms with Crippen LogP contribution in [0.5, 0.6) is 0 Å². The molecule has 1 aromatic rings. The molecule has 4 nitrogen and oxygen atoms in total. The molecule has 5 heteroatoms. The molecule has 2 amide bonds. The smallest absolute Gasteiger partial charge is 0.320 e. The number of nitriles is 1. The number of hydrogen-bond acceptors (Lipinski definition) is 2.